The Balaban J connectivity index is 0. The van der Waals surface area contributed by atoms with Crippen molar-refractivity contribution in [2.75, 3.05) is 19.8 Å². The number of esters is 3. The van der Waals surface area contributed by atoms with Crippen LogP contribution in [-0.4, -0.2) is 93.9 Å². The number of Topliss-reactive ketones (excluding diaryl/α,β-unsaturated/α-hetero) is 1. The smallest absolute Gasteiger partial charge is 0.345 e. The number of hydrogen-bond donors (Lipinski definition) is 0. The van der Waals surface area contributed by atoms with Crippen molar-refractivity contribution in [2.45, 2.75) is 159 Å². The molecule has 0 aliphatic carbocycles. The second-order valence-electron chi connectivity index (χ2n) is 19.0. The maximum absolute atomic E-state index is 13.1. The van der Waals surface area contributed by atoms with E-state index in [4.69, 9.17) is 30.7 Å². The van der Waals surface area contributed by atoms with Crippen molar-refractivity contribution in [2.24, 2.45) is 11.8 Å². The van der Waals surface area contributed by atoms with Crippen molar-refractivity contribution in [3.63, 3.8) is 0 Å². The third-order valence-corrected chi connectivity index (χ3v) is 26.3. The molecule has 2 unspecified atom stereocenters. The first kappa shape index (κ1) is 54.8. The zero-order valence-corrected chi connectivity index (χ0v) is 44.2. The zero-order valence-electron chi connectivity index (χ0n) is 38.2. The molecule has 0 aromatic heterocycles. The van der Waals surface area contributed by atoms with E-state index < -0.39 is 68.3 Å². The molecule has 0 radical (unpaired) electrons. The van der Waals surface area contributed by atoms with Crippen molar-refractivity contribution in [1.29, 1.82) is 0 Å². The molecule has 0 heterocycles. The summed E-state index contributed by atoms with van der Waals surface area (Å²) >= 11 is 0. The van der Waals surface area contributed by atoms with Crippen LogP contribution in [0.15, 0.2) is 22.3 Å². The average Bonchev–Trinajstić information content (AvgIpc) is 2.85. The second kappa shape index (κ2) is 22.6. The first-order valence-corrected chi connectivity index (χ1v) is 37.8. The molecule has 0 spiro atoms. The molecule has 11 nitrogen and oxygen atoms in total. The molecule has 0 saturated carbocycles. The average molecular weight is 868 g/mol. The minimum Gasteiger partial charge on any atom is -0.462 e. The molecule has 0 aromatic carbocycles. The van der Waals surface area contributed by atoms with Crippen LogP contribution in [0.2, 0.25) is 104 Å². The fourth-order valence-electron chi connectivity index (χ4n) is 6.16. The molecule has 0 fully saturated rings. The monoisotopic (exact) mass is 866 g/mol. The predicted octanol–water partition coefficient (Wildman–Crippen LogP) is 9.71. The molecular formula is C37H78O11Si6. The lowest BCUT2D eigenvalue weighted by atomic mass is 10.1. The highest BCUT2D eigenvalue weighted by Gasteiger charge is 2.43. The zero-order chi connectivity index (χ0) is 43.3. The lowest BCUT2D eigenvalue weighted by molar-refractivity contribution is -0.148. The van der Waals surface area contributed by atoms with Crippen LogP contribution in [-0.2, 0) is 49.8 Å². The molecule has 17 heteroatoms. The summed E-state index contributed by atoms with van der Waals surface area (Å²) in [5.41, 5.74) is 1.39. The van der Waals surface area contributed by atoms with Gasteiger partial charge in [-0.3, -0.25) is 4.79 Å². The number of hydrogen-bond acceptors (Lipinski definition) is 11. The Kier molecular flexibility index (Phi) is 22.9. The molecular weight excluding hydrogens is 789 g/mol. The summed E-state index contributed by atoms with van der Waals surface area (Å²) in [6.45, 7) is 45.0. The summed E-state index contributed by atoms with van der Waals surface area (Å²) in [6.07, 6.45) is 0. The molecule has 0 N–H and O–H groups in total. The molecule has 0 aliphatic heterocycles. The lowest BCUT2D eigenvalue weighted by Gasteiger charge is -2.39. The van der Waals surface area contributed by atoms with Crippen LogP contribution in [0.5, 0.6) is 0 Å². The Morgan fingerprint density at radius 2 is 0.704 bits per heavy atom. The predicted molar refractivity (Wildman–Crippen MR) is 235 cm³/mol. The van der Waals surface area contributed by atoms with Crippen LogP contribution in [0.25, 0.3) is 0 Å². The van der Waals surface area contributed by atoms with Gasteiger partial charge in [0, 0.05) is 0 Å². The van der Waals surface area contributed by atoms with Gasteiger partial charge in [-0.25, -0.2) is 14.4 Å². The lowest BCUT2D eigenvalue weighted by Crippen LogP contribution is -2.53. The van der Waals surface area contributed by atoms with Crippen molar-refractivity contribution in [3.8, 4) is 0 Å². The van der Waals surface area contributed by atoms with Gasteiger partial charge in [0.05, 0.1) is 19.8 Å². The van der Waals surface area contributed by atoms with Crippen molar-refractivity contribution >= 4 is 74.1 Å². The van der Waals surface area contributed by atoms with Crippen molar-refractivity contribution in [3.05, 3.63) is 22.3 Å². The molecule has 54 heavy (non-hydrogen) atoms. The first-order chi connectivity index (χ1) is 24.0. The first-order valence-electron chi connectivity index (χ1n) is 19.1. The summed E-state index contributed by atoms with van der Waals surface area (Å²) in [7, 11) is -12.3. The van der Waals surface area contributed by atoms with Crippen LogP contribution < -0.4 is 0 Å². The molecule has 0 bridgehead atoms. The topological polar surface area (TPSA) is 133 Å². The quantitative estimate of drug-likeness (QED) is 0.0273. The molecule has 316 valence electrons. The maximum atomic E-state index is 13.1. The summed E-state index contributed by atoms with van der Waals surface area (Å²) in [4.78, 5) is 48.3. The van der Waals surface area contributed by atoms with Crippen LogP contribution in [0.4, 0.5) is 0 Å². The Bertz CT molecular complexity index is 1210. The van der Waals surface area contributed by atoms with E-state index in [0.29, 0.717) is 29.8 Å². The van der Waals surface area contributed by atoms with E-state index in [9.17, 15) is 19.2 Å². The summed E-state index contributed by atoms with van der Waals surface area (Å²) in [6, 6.07) is 1.42. The van der Waals surface area contributed by atoms with Gasteiger partial charge in [0.2, 0.25) is 0 Å². The van der Waals surface area contributed by atoms with E-state index in [1.165, 1.54) is 6.92 Å². The highest BCUT2D eigenvalue weighted by Crippen LogP contribution is 2.29. The van der Waals surface area contributed by atoms with Gasteiger partial charge in [-0.1, -0.05) is 25.0 Å². The van der Waals surface area contributed by atoms with Crippen LogP contribution >= 0.6 is 0 Å². The van der Waals surface area contributed by atoms with Gasteiger partial charge in [0.15, 0.2) is 39.1 Å². The van der Waals surface area contributed by atoms with Crippen molar-refractivity contribution in [1.82, 2.24) is 0 Å². The van der Waals surface area contributed by atoms with E-state index in [1.807, 2.05) is 13.8 Å². The highest BCUT2D eigenvalue weighted by molar-refractivity contribution is 6.88. The van der Waals surface area contributed by atoms with Crippen LogP contribution in [0, 0.1) is 11.8 Å². The van der Waals surface area contributed by atoms with Crippen LogP contribution in [0.1, 0.15) is 55.4 Å². The van der Waals surface area contributed by atoms with E-state index in [2.05, 4.69) is 91.7 Å². The molecule has 2 atom stereocenters. The van der Waals surface area contributed by atoms with Gasteiger partial charge in [0.1, 0.15) is 11.1 Å². The number of ketones is 1. The van der Waals surface area contributed by atoms with Gasteiger partial charge >= 0.3 is 35.0 Å². The molecule has 0 amide bonds. The third-order valence-electron chi connectivity index (χ3n) is 6.76. The minimum absolute atomic E-state index is 0.0214. The van der Waals surface area contributed by atoms with E-state index in [-0.39, 0.29) is 42.0 Å². The Labute approximate surface area is 335 Å². The van der Waals surface area contributed by atoms with Gasteiger partial charge in [-0.05, 0) is 157 Å². The Morgan fingerprint density at radius 3 is 0.907 bits per heavy atom. The van der Waals surface area contributed by atoms with E-state index in [1.54, 1.807) is 34.6 Å². The number of ether oxygens (including phenoxy) is 3. The second-order valence-corrected chi connectivity index (χ2v) is 44.5. The molecule has 0 rings (SSSR count). The fraction of sp³-hybridized carbons (Fsp3) is 0.784. The van der Waals surface area contributed by atoms with E-state index in [0.717, 1.165) is 0 Å². The standard InChI is InChI=1S/C28H64O8Si6.C9H14O3/c1-23(2)26(27(29)31-19-24(3)21-41(17,33-37(5,6)7)34-38(8,9)10)28(30)32-20-25(4)22-42(18,35-39(11,12)13)36-40(14,15)16;1-5-12-9(11)8(6(2)3)7(4)10/h24-25H,19-22H2,1-18H3;5H2,1-4H3. The normalized spacial score (nSPS) is 13.8. The highest BCUT2D eigenvalue weighted by atomic mass is 28.5. The van der Waals surface area contributed by atoms with Gasteiger partial charge in [-0.15, -0.1) is 0 Å². The number of allylic oxidation sites excluding steroid dienone is 2. The summed E-state index contributed by atoms with van der Waals surface area (Å²) < 4.78 is 42.4. The molecule has 0 aliphatic rings. The molecule has 0 saturated heterocycles. The number of carbonyl (C=O) groups excluding carboxylic acids is 4. The Hall–Kier alpha value is -1.30. The maximum Gasteiger partial charge on any atom is 0.345 e. The minimum atomic E-state index is -2.49. The number of rotatable bonds is 21. The Morgan fingerprint density at radius 1 is 0.444 bits per heavy atom. The fourth-order valence-corrected chi connectivity index (χ4v) is 32.1. The third kappa shape index (κ3) is 25.8. The molecule has 0 aromatic rings. The van der Waals surface area contributed by atoms with Crippen LogP contribution in [0.3, 0.4) is 0 Å². The number of carbonyl (C=O) groups is 4. The van der Waals surface area contributed by atoms with Gasteiger partial charge < -0.3 is 30.7 Å². The summed E-state index contributed by atoms with van der Waals surface area (Å²) in [5, 5.41) is 0. The van der Waals surface area contributed by atoms with Gasteiger partial charge in [-0.2, -0.15) is 0 Å². The summed E-state index contributed by atoms with van der Waals surface area (Å²) in [5.74, 6) is -2.02. The largest absolute Gasteiger partial charge is 0.462 e. The van der Waals surface area contributed by atoms with E-state index >= 15 is 0 Å². The SMILES string of the molecule is CC(C)=C(C(=O)OCC(C)C[Si](C)(O[Si](C)(C)C)O[Si](C)(C)C)C(=O)OCC(C)C[Si](C)(O[Si](C)(C)C)O[Si](C)(C)C.CCOC(=O)C(C(C)=O)=C(C)C. The van der Waals surface area contributed by atoms with Gasteiger partial charge in [0.25, 0.3) is 0 Å². The van der Waals surface area contributed by atoms with Crippen molar-refractivity contribution < 1.29 is 49.8 Å².